The number of furan rings is 2. The van der Waals surface area contributed by atoms with Crippen LogP contribution in [0.2, 0.25) is 0 Å². The van der Waals surface area contributed by atoms with Crippen LogP contribution in [0.5, 0.6) is 0 Å². The topological polar surface area (TPSA) is 135 Å². The number of carbonyl (C=O) groups is 2. The molecule has 1 N–H and O–H groups in total. The third kappa shape index (κ3) is 27.6. The molecule has 364 valence electrons. The molecule has 2 heterocycles. The number of nitrogens with zero attached hydrogens (tertiary/aromatic N) is 1. The van der Waals surface area contributed by atoms with Crippen LogP contribution >= 0.6 is 7.82 Å². The third-order valence-electron chi connectivity index (χ3n) is 12.0. The molecule has 0 saturated carbocycles. The first kappa shape index (κ1) is 56.7. The lowest BCUT2D eigenvalue weighted by Gasteiger charge is -2.24. The second-order valence-corrected chi connectivity index (χ2v) is 20.4. The first-order chi connectivity index (χ1) is 30.1. The maximum Gasteiger partial charge on any atom is 0.472 e. The van der Waals surface area contributed by atoms with Gasteiger partial charge in [0.15, 0.2) is 6.10 Å². The number of esters is 2. The predicted octanol–water partition coefficient (Wildman–Crippen LogP) is 13.4. The normalized spacial score (nSPS) is 13.3. The van der Waals surface area contributed by atoms with Crippen molar-refractivity contribution >= 4 is 19.8 Å². The van der Waals surface area contributed by atoms with Gasteiger partial charge in [0.05, 0.1) is 27.7 Å². The van der Waals surface area contributed by atoms with Crippen molar-refractivity contribution in [2.24, 2.45) is 0 Å². The van der Waals surface area contributed by atoms with E-state index in [0.717, 1.165) is 94.3 Å². The minimum atomic E-state index is -4.40. The summed E-state index contributed by atoms with van der Waals surface area (Å²) in [4.78, 5) is 35.7. The fourth-order valence-electron chi connectivity index (χ4n) is 7.74. The summed E-state index contributed by atoms with van der Waals surface area (Å²) in [6.07, 6.45) is 27.8. The van der Waals surface area contributed by atoms with Gasteiger partial charge in [-0.1, -0.05) is 117 Å². The highest BCUT2D eigenvalue weighted by Crippen LogP contribution is 2.43. The summed E-state index contributed by atoms with van der Waals surface area (Å²) < 4.78 is 46.9. The molecule has 0 aliphatic heterocycles. The van der Waals surface area contributed by atoms with Crippen LogP contribution in [0.1, 0.15) is 208 Å². The second kappa shape index (κ2) is 33.1. The number of likely N-dealkylation sites (N-methyl/N-ethyl adjacent to an activating group) is 1. The lowest BCUT2D eigenvalue weighted by Crippen LogP contribution is -2.37. The molecule has 0 radical (unpaired) electrons. The molecule has 0 saturated heterocycles. The summed E-state index contributed by atoms with van der Waals surface area (Å²) in [7, 11) is 1.44. The Kier molecular flexibility index (Phi) is 29.8. The monoisotopic (exact) mass is 909 g/mol. The van der Waals surface area contributed by atoms with Gasteiger partial charge in [-0.15, -0.1) is 0 Å². The molecular formula is C51H91NO10P+. The molecule has 0 aliphatic carbocycles. The molecule has 0 bridgehead atoms. The highest BCUT2D eigenvalue weighted by molar-refractivity contribution is 7.47. The van der Waals surface area contributed by atoms with Crippen LogP contribution in [-0.4, -0.2) is 74.9 Å². The lowest BCUT2D eigenvalue weighted by molar-refractivity contribution is -0.870. The van der Waals surface area contributed by atoms with Gasteiger partial charge in [0.2, 0.25) is 0 Å². The zero-order valence-corrected chi connectivity index (χ0v) is 42.2. The van der Waals surface area contributed by atoms with E-state index in [0.29, 0.717) is 23.9 Å². The van der Waals surface area contributed by atoms with Crippen LogP contribution in [0.15, 0.2) is 14.9 Å². The predicted molar refractivity (Wildman–Crippen MR) is 254 cm³/mol. The molecule has 63 heavy (non-hydrogen) atoms. The maximum absolute atomic E-state index is 12.8. The van der Waals surface area contributed by atoms with Gasteiger partial charge in [-0.2, -0.15) is 0 Å². The van der Waals surface area contributed by atoms with Gasteiger partial charge in [0.1, 0.15) is 42.8 Å². The zero-order chi connectivity index (χ0) is 46.4. The Morgan fingerprint density at radius 3 is 1.59 bits per heavy atom. The van der Waals surface area contributed by atoms with Crippen LogP contribution in [0.25, 0.3) is 0 Å². The molecule has 11 nitrogen and oxygen atoms in total. The Bertz CT molecular complexity index is 1560. The van der Waals surface area contributed by atoms with E-state index in [2.05, 4.69) is 40.7 Å². The first-order valence-electron chi connectivity index (χ1n) is 25.1. The highest BCUT2D eigenvalue weighted by Gasteiger charge is 2.27. The molecule has 0 aromatic carbocycles. The smallest absolute Gasteiger partial charge is 0.466 e. The first-order valence-corrected chi connectivity index (χ1v) is 26.6. The zero-order valence-electron chi connectivity index (χ0n) is 41.3. The van der Waals surface area contributed by atoms with Crippen molar-refractivity contribution in [2.75, 3.05) is 47.5 Å². The second-order valence-electron chi connectivity index (χ2n) is 19.0. The summed E-state index contributed by atoms with van der Waals surface area (Å²) in [5.74, 6) is 3.78. The summed E-state index contributed by atoms with van der Waals surface area (Å²) in [5.41, 5.74) is 3.94. The van der Waals surface area contributed by atoms with Crippen LogP contribution in [-0.2, 0) is 58.4 Å². The van der Waals surface area contributed by atoms with E-state index in [-0.39, 0.29) is 32.0 Å². The molecule has 2 aromatic heterocycles. The third-order valence-corrected chi connectivity index (χ3v) is 13.0. The molecule has 0 spiro atoms. The van der Waals surface area contributed by atoms with Crippen LogP contribution in [0.4, 0.5) is 0 Å². The van der Waals surface area contributed by atoms with Gasteiger partial charge in [0.25, 0.3) is 0 Å². The average Bonchev–Trinajstić information content (AvgIpc) is 3.72. The molecule has 2 atom stereocenters. The summed E-state index contributed by atoms with van der Waals surface area (Å²) in [5, 5.41) is 0. The van der Waals surface area contributed by atoms with E-state index in [1.807, 2.05) is 21.1 Å². The van der Waals surface area contributed by atoms with Crippen LogP contribution < -0.4 is 0 Å². The maximum atomic E-state index is 12.8. The Hall–Kier alpha value is -2.43. The summed E-state index contributed by atoms with van der Waals surface area (Å²) in [6.45, 7) is 10.8. The van der Waals surface area contributed by atoms with Gasteiger partial charge in [-0.05, 0) is 82.1 Å². The minimum Gasteiger partial charge on any atom is -0.466 e. The Morgan fingerprint density at radius 2 is 1.06 bits per heavy atom. The number of rotatable bonds is 40. The van der Waals surface area contributed by atoms with E-state index in [9.17, 15) is 19.0 Å². The number of phosphoric acid groups is 1. The van der Waals surface area contributed by atoms with E-state index in [4.69, 9.17) is 27.4 Å². The fraction of sp³-hybridized carbons (Fsp3) is 0.804. The number of phosphoric ester groups is 1. The van der Waals surface area contributed by atoms with Crippen molar-refractivity contribution in [1.82, 2.24) is 0 Å². The number of unbranched alkanes of at least 4 members (excludes halogenated alkanes) is 18. The molecule has 0 aliphatic rings. The molecule has 12 heteroatoms. The van der Waals surface area contributed by atoms with Gasteiger partial charge in [-0.25, -0.2) is 4.57 Å². The van der Waals surface area contributed by atoms with E-state index in [1.165, 1.54) is 99.5 Å². The molecule has 2 unspecified atom stereocenters. The summed E-state index contributed by atoms with van der Waals surface area (Å²) >= 11 is 0. The molecule has 2 aromatic rings. The van der Waals surface area contributed by atoms with Gasteiger partial charge in [-0.3, -0.25) is 18.6 Å². The van der Waals surface area contributed by atoms with Crippen LogP contribution in [0, 0.1) is 20.8 Å². The number of ether oxygens (including phenoxy) is 2. The number of hydrogen-bond donors (Lipinski definition) is 1. The number of carbonyl (C=O) groups excluding carboxylic acids is 2. The molecule has 0 fully saturated rings. The van der Waals surface area contributed by atoms with Crippen molar-refractivity contribution < 1.29 is 50.9 Å². The average molecular weight is 909 g/mol. The number of hydrogen-bond acceptors (Lipinski definition) is 9. The molecular weight excluding hydrogens is 818 g/mol. The minimum absolute atomic E-state index is 0.0204. The largest absolute Gasteiger partial charge is 0.472 e. The highest BCUT2D eigenvalue weighted by atomic mass is 31.2. The number of quaternary nitrogens is 1. The number of aryl methyl sites for hydroxylation is 5. The van der Waals surface area contributed by atoms with Crippen molar-refractivity contribution in [3.63, 3.8) is 0 Å². The summed E-state index contributed by atoms with van der Waals surface area (Å²) in [6, 6.07) is 2.21. The quantitative estimate of drug-likeness (QED) is 0.0298. The van der Waals surface area contributed by atoms with Crippen molar-refractivity contribution in [2.45, 2.75) is 221 Å². The van der Waals surface area contributed by atoms with Crippen LogP contribution in [0.3, 0.4) is 0 Å². The fourth-order valence-corrected chi connectivity index (χ4v) is 8.48. The van der Waals surface area contributed by atoms with Crippen molar-refractivity contribution in [1.29, 1.82) is 0 Å². The SMILES string of the molecule is CCCCCc1cc(C)c(CCCCCCCCCCC(=O)OCC(COP(=O)(O)OCC[N+](C)(C)C)OC(=O)CCCCCCCCCCc2oc(CCCCC)c(C)c2C)o1. The van der Waals surface area contributed by atoms with Gasteiger partial charge < -0.3 is 27.7 Å². The Balaban J connectivity index is 1.63. The van der Waals surface area contributed by atoms with Crippen molar-refractivity contribution in [3.05, 3.63) is 45.8 Å². The standard InChI is InChI=1S/C51H90NO10P/c1-9-11-25-31-45-39-42(3)47(60-45)32-27-21-17-13-15-19-23-29-35-50(53)57-40-46(41-59-63(55,56)58-38-37-52(6,7)8)61-51(54)36-30-24-20-16-14-18-22-28-34-49-44(5)43(4)48(62-49)33-26-12-10-2/h39,46H,9-38,40-41H2,1-8H3/p+1. The lowest BCUT2D eigenvalue weighted by atomic mass is 10.0. The van der Waals surface area contributed by atoms with Gasteiger partial charge >= 0.3 is 19.8 Å². The molecule has 2 rings (SSSR count). The Labute approximate surface area is 383 Å². The van der Waals surface area contributed by atoms with E-state index >= 15 is 0 Å². The molecule has 0 amide bonds. The Morgan fingerprint density at radius 1 is 0.603 bits per heavy atom. The van der Waals surface area contributed by atoms with Gasteiger partial charge in [0, 0.05) is 38.5 Å². The van der Waals surface area contributed by atoms with Crippen molar-refractivity contribution in [3.8, 4) is 0 Å². The van der Waals surface area contributed by atoms with E-state index in [1.54, 1.807) is 0 Å². The van der Waals surface area contributed by atoms with E-state index < -0.39 is 26.5 Å².